The van der Waals surface area contributed by atoms with Crippen LogP contribution < -0.4 is 0 Å². The standard InChI is InChI=1S/C20H23N3O3/c1-5-9-16-14(6-2)18(15-10-7-8-11-17(15)21-16)20(24)25-12(3)19-23-22-13(4)26-19/h7-8,10-12H,5-6,9H2,1-4H3. The number of aromatic nitrogens is 3. The molecule has 1 aromatic carbocycles. The fourth-order valence-electron chi connectivity index (χ4n) is 3.11. The zero-order valence-corrected chi connectivity index (χ0v) is 15.6. The molecule has 0 bridgehead atoms. The normalized spacial score (nSPS) is 12.3. The fraction of sp³-hybridized carbons (Fsp3) is 0.400. The smallest absolute Gasteiger partial charge is 0.339 e. The van der Waals surface area contributed by atoms with Crippen molar-refractivity contribution in [2.45, 2.75) is 53.1 Å². The summed E-state index contributed by atoms with van der Waals surface area (Å²) in [5.41, 5.74) is 3.30. The summed E-state index contributed by atoms with van der Waals surface area (Å²) in [6.45, 7) is 7.57. The van der Waals surface area contributed by atoms with E-state index in [-0.39, 0.29) is 5.97 Å². The van der Waals surface area contributed by atoms with Crippen molar-refractivity contribution in [3.8, 4) is 0 Å². The first-order chi connectivity index (χ1) is 12.5. The Hall–Kier alpha value is -2.76. The third-order valence-electron chi connectivity index (χ3n) is 4.30. The zero-order chi connectivity index (χ0) is 18.7. The number of rotatable bonds is 6. The number of benzene rings is 1. The number of carbonyl (C=O) groups is 1. The number of ether oxygens (including phenoxy) is 1. The first-order valence-electron chi connectivity index (χ1n) is 8.96. The first kappa shape index (κ1) is 18.0. The molecule has 3 rings (SSSR count). The van der Waals surface area contributed by atoms with E-state index in [9.17, 15) is 4.79 Å². The predicted octanol–water partition coefficient (Wildman–Crippen LogP) is 4.36. The lowest BCUT2D eigenvalue weighted by molar-refractivity contribution is 0.0278. The molecule has 0 spiro atoms. The van der Waals surface area contributed by atoms with Crippen LogP contribution in [0.25, 0.3) is 10.9 Å². The van der Waals surface area contributed by atoms with Crippen molar-refractivity contribution in [3.63, 3.8) is 0 Å². The van der Waals surface area contributed by atoms with Crippen molar-refractivity contribution < 1.29 is 13.9 Å². The van der Waals surface area contributed by atoms with E-state index in [1.165, 1.54) is 0 Å². The van der Waals surface area contributed by atoms with Crippen LogP contribution in [0.1, 0.15) is 66.7 Å². The third-order valence-corrected chi connectivity index (χ3v) is 4.30. The second-order valence-electron chi connectivity index (χ2n) is 6.24. The number of esters is 1. The van der Waals surface area contributed by atoms with Crippen LogP contribution in [0.4, 0.5) is 0 Å². The molecule has 0 saturated heterocycles. The molecule has 26 heavy (non-hydrogen) atoms. The highest BCUT2D eigenvalue weighted by atomic mass is 16.6. The monoisotopic (exact) mass is 353 g/mol. The second-order valence-corrected chi connectivity index (χ2v) is 6.24. The Morgan fingerprint density at radius 3 is 2.65 bits per heavy atom. The molecule has 0 aliphatic rings. The molecular formula is C20H23N3O3. The minimum Gasteiger partial charge on any atom is -0.449 e. The van der Waals surface area contributed by atoms with E-state index in [0.29, 0.717) is 23.8 Å². The lowest BCUT2D eigenvalue weighted by atomic mass is 9.96. The number of hydrogen-bond acceptors (Lipinski definition) is 6. The van der Waals surface area contributed by atoms with Gasteiger partial charge in [-0.05, 0) is 31.4 Å². The number of para-hydroxylation sites is 1. The molecule has 0 saturated carbocycles. The molecule has 0 aliphatic heterocycles. The number of fused-ring (bicyclic) bond motifs is 1. The van der Waals surface area contributed by atoms with E-state index < -0.39 is 6.10 Å². The van der Waals surface area contributed by atoms with E-state index in [2.05, 4.69) is 17.1 Å². The molecule has 3 aromatic rings. The number of hydrogen-bond donors (Lipinski definition) is 0. The van der Waals surface area contributed by atoms with Gasteiger partial charge in [0.25, 0.3) is 5.89 Å². The summed E-state index contributed by atoms with van der Waals surface area (Å²) in [4.78, 5) is 17.8. The zero-order valence-electron chi connectivity index (χ0n) is 15.6. The van der Waals surface area contributed by atoms with Crippen molar-refractivity contribution >= 4 is 16.9 Å². The van der Waals surface area contributed by atoms with Crippen LogP contribution in [0, 0.1) is 6.92 Å². The third kappa shape index (κ3) is 3.45. The Morgan fingerprint density at radius 2 is 2.00 bits per heavy atom. The van der Waals surface area contributed by atoms with E-state index in [1.54, 1.807) is 13.8 Å². The minimum atomic E-state index is -0.616. The second kappa shape index (κ2) is 7.64. The molecule has 0 amide bonds. The van der Waals surface area contributed by atoms with Gasteiger partial charge in [-0.25, -0.2) is 4.79 Å². The van der Waals surface area contributed by atoms with Crippen molar-refractivity contribution in [1.29, 1.82) is 0 Å². The van der Waals surface area contributed by atoms with Gasteiger partial charge in [0.05, 0.1) is 11.1 Å². The van der Waals surface area contributed by atoms with Crippen LogP contribution in [-0.2, 0) is 17.6 Å². The van der Waals surface area contributed by atoms with Crippen LogP contribution in [0.15, 0.2) is 28.7 Å². The van der Waals surface area contributed by atoms with E-state index >= 15 is 0 Å². The topological polar surface area (TPSA) is 78.1 Å². The van der Waals surface area contributed by atoms with Crippen LogP contribution >= 0.6 is 0 Å². The molecule has 0 aliphatic carbocycles. The Kier molecular flexibility index (Phi) is 5.30. The molecule has 0 N–H and O–H groups in total. The highest BCUT2D eigenvalue weighted by Gasteiger charge is 2.24. The van der Waals surface area contributed by atoms with Crippen molar-refractivity contribution in [2.24, 2.45) is 0 Å². The summed E-state index contributed by atoms with van der Waals surface area (Å²) >= 11 is 0. The summed E-state index contributed by atoms with van der Waals surface area (Å²) in [7, 11) is 0. The Balaban J connectivity index is 2.05. The van der Waals surface area contributed by atoms with Crippen LogP contribution in [0.3, 0.4) is 0 Å². The largest absolute Gasteiger partial charge is 0.449 e. The van der Waals surface area contributed by atoms with E-state index in [1.807, 2.05) is 31.2 Å². The van der Waals surface area contributed by atoms with E-state index in [4.69, 9.17) is 14.1 Å². The Bertz CT molecular complexity index is 933. The van der Waals surface area contributed by atoms with Gasteiger partial charge in [0.15, 0.2) is 6.10 Å². The fourth-order valence-corrected chi connectivity index (χ4v) is 3.11. The maximum atomic E-state index is 13.0. The first-order valence-corrected chi connectivity index (χ1v) is 8.96. The van der Waals surface area contributed by atoms with Crippen LogP contribution in [-0.4, -0.2) is 21.2 Å². The summed E-state index contributed by atoms with van der Waals surface area (Å²) in [5, 5.41) is 8.54. The molecule has 0 fully saturated rings. The highest BCUT2D eigenvalue weighted by Crippen LogP contribution is 2.28. The molecule has 6 nitrogen and oxygen atoms in total. The summed E-state index contributed by atoms with van der Waals surface area (Å²) < 4.78 is 11.0. The van der Waals surface area contributed by atoms with Crippen molar-refractivity contribution in [3.05, 3.63) is 52.9 Å². The number of nitrogens with zero attached hydrogens (tertiary/aromatic N) is 3. The van der Waals surface area contributed by atoms with Gasteiger partial charge in [0.2, 0.25) is 5.89 Å². The van der Waals surface area contributed by atoms with Crippen molar-refractivity contribution in [2.75, 3.05) is 0 Å². The van der Waals surface area contributed by atoms with Gasteiger partial charge in [-0.1, -0.05) is 38.5 Å². The summed E-state index contributed by atoms with van der Waals surface area (Å²) in [5.74, 6) is 0.346. The Morgan fingerprint density at radius 1 is 1.23 bits per heavy atom. The van der Waals surface area contributed by atoms with Gasteiger partial charge in [0, 0.05) is 18.0 Å². The molecule has 6 heteroatoms. The maximum Gasteiger partial charge on any atom is 0.339 e. The SMILES string of the molecule is CCCc1nc2ccccc2c(C(=O)OC(C)c2nnc(C)o2)c1CC. The molecule has 2 heterocycles. The number of carbonyl (C=O) groups excluding carboxylic acids is 1. The predicted molar refractivity (Wildman–Crippen MR) is 98.0 cm³/mol. The lowest BCUT2D eigenvalue weighted by Crippen LogP contribution is -2.15. The average molecular weight is 353 g/mol. The number of aryl methyl sites for hydroxylation is 2. The summed E-state index contributed by atoms with van der Waals surface area (Å²) in [6.07, 6.45) is 1.89. The van der Waals surface area contributed by atoms with Gasteiger partial charge in [-0.2, -0.15) is 0 Å². The minimum absolute atomic E-state index is 0.293. The molecule has 136 valence electrons. The molecular weight excluding hydrogens is 330 g/mol. The number of pyridine rings is 1. The van der Waals surface area contributed by atoms with Gasteiger partial charge in [0.1, 0.15) is 0 Å². The van der Waals surface area contributed by atoms with Crippen LogP contribution in [0.2, 0.25) is 0 Å². The van der Waals surface area contributed by atoms with Gasteiger partial charge < -0.3 is 9.15 Å². The van der Waals surface area contributed by atoms with E-state index in [0.717, 1.165) is 35.0 Å². The van der Waals surface area contributed by atoms with Gasteiger partial charge >= 0.3 is 5.97 Å². The highest BCUT2D eigenvalue weighted by molar-refractivity contribution is 6.05. The lowest BCUT2D eigenvalue weighted by Gasteiger charge is -2.17. The van der Waals surface area contributed by atoms with Gasteiger partial charge in [-0.15, -0.1) is 10.2 Å². The summed E-state index contributed by atoms with van der Waals surface area (Å²) in [6, 6.07) is 7.67. The maximum absolute atomic E-state index is 13.0. The Labute approximate surface area is 152 Å². The van der Waals surface area contributed by atoms with Crippen LogP contribution in [0.5, 0.6) is 0 Å². The molecule has 1 unspecified atom stereocenters. The molecule has 1 atom stereocenters. The molecule has 2 aromatic heterocycles. The average Bonchev–Trinajstić information content (AvgIpc) is 3.07. The van der Waals surface area contributed by atoms with Gasteiger partial charge in [-0.3, -0.25) is 4.98 Å². The quantitative estimate of drug-likeness (QED) is 0.613. The molecule has 0 radical (unpaired) electrons. The van der Waals surface area contributed by atoms with Crippen molar-refractivity contribution in [1.82, 2.24) is 15.2 Å².